The fraction of sp³-hybridized carbons (Fsp3) is 0.333. The van der Waals surface area contributed by atoms with E-state index in [4.69, 9.17) is 11.6 Å². The molecule has 0 amide bonds. The van der Waals surface area contributed by atoms with Gasteiger partial charge in [-0.15, -0.1) is 12.6 Å². The van der Waals surface area contributed by atoms with Crippen LogP contribution < -0.4 is 4.72 Å². The van der Waals surface area contributed by atoms with Crippen molar-refractivity contribution in [1.82, 2.24) is 0 Å². The van der Waals surface area contributed by atoms with Crippen LogP contribution in [0.5, 0.6) is 0 Å². The number of halogens is 2. The molecular formula is C12H13ClFNO2S2. The summed E-state index contributed by atoms with van der Waals surface area (Å²) < 4.78 is 39.8. The van der Waals surface area contributed by atoms with Crippen molar-refractivity contribution >= 4 is 39.9 Å². The SMILES string of the molecule is O=S(=O)(Nc1ccc(F)cc1Cl)[C@@H]1CCCC=C1S. The zero-order valence-electron chi connectivity index (χ0n) is 9.94. The van der Waals surface area contributed by atoms with Gasteiger partial charge in [0.15, 0.2) is 0 Å². The fourth-order valence-corrected chi connectivity index (χ4v) is 4.41. The summed E-state index contributed by atoms with van der Waals surface area (Å²) in [6.45, 7) is 0. The van der Waals surface area contributed by atoms with Gasteiger partial charge in [-0.2, -0.15) is 0 Å². The van der Waals surface area contributed by atoms with Crippen molar-refractivity contribution in [2.45, 2.75) is 24.5 Å². The van der Waals surface area contributed by atoms with Crippen molar-refractivity contribution in [3.63, 3.8) is 0 Å². The molecule has 0 fully saturated rings. The van der Waals surface area contributed by atoms with Crippen LogP contribution in [0.3, 0.4) is 0 Å². The number of anilines is 1. The Labute approximate surface area is 122 Å². The third kappa shape index (κ3) is 3.43. The Morgan fingerprint density at radius 1 is 1.42 bits per heavy atom. The van der Waals surface area contributed by atoms with E-state index in [0.717, 1.165) is 25.0 Å². The predicted molar refractivity (Wildman–Crippen MR) is 78.7 cm³/mol. The summed E-state index contributed by atoms with van der Waals surface area (Å²) in [5.41, 5.74) is 0.176. The van der Waals surface area contributed by atoms with Crippen LogP contribution in [0.2, 0.25) is 5.02 Å². The largest absolute Gasteiger partial charge is 0.282 e. The van der Waals surface area contributed by atoms with E-state index in [1.165, 1.54) is 6.07 Å². The van der Waals surface area contributed by atoms with Crippen LogP contribution in [0.1, 0.15) is 19.3 Å². The molecule has 0 spiro atoms. The topological polar surface area (TPSA) is 46.2 Å². The second-order valence-electron chi connectivity index (χ2n) is 4.32. The molecule has 1 atom stereocenters. The van der Waals surface area contributed by atoms with E-state index in [2.05, 4.69) is 17.4 Å². The lowest BCUT2D eigenvalue weighted by Crippen LogP contribution is -2.29. The van der Waals surface area contributed by atoms with Gasteiger partial charge in [0.25, 0.3) is 0 Å². The first-order valence-electron chi connectivity index (χ1n) is 5.76. The van der Waals surface area contributed by atoms with Crippen molar-refractivity contribution in [1.29, 1.82) is 0 Å². The van der Waals surface area contributed by atoms with E-state index in [0.29, 0.717) is 11.3 Å². The molecular weight excluding hydrogens is 309 g/mol. The van der Waals surface area contributed by atoms with Crippen LogP contribution >= 0.6 is 24.2 Å². The van der Waals surface area contributed by atoms with Crippen LogP contribution in [0, 0.1) is 5.82 Å². The summed E-state index contributed by atoms with van der Waals surface area (Å²) in [7, 11) is -3.62. The average Bonchev–Trinajstić information content (AvgIpc) is 2.33. The van der Waals surface area contributed by atoms with E-state index < -0.39 is 21.1 Å². The zero-order chi connectivity index (χ0) is 14.0. The lowest BCUT2D eigenvalue weighted by Gasteiger charge is -2.22. The molecule has 1 aliphatic rings. The van der Waals surface area contributed by atoms with Gasteiger partial charge in [-0.25, -0.2) is 12.8 Å². The minimum atomic E-state index is -3.62. The van der Waals surface area contributed by atoms with Crippen LogP contribution in [-0.4, -0.2) is 13.7 Å². The Balaban J connectivity index is 2.26. The molecule has 19 heavy (non-hydrogen) atoms. The molecule has 0 radical (unpaired) electrons. The molecule has 0 aliphatic heterocycles. The van der Waals surface area contributed by atoms with Gasteiger partial charge < -0.3 is 0 Å². The number of sulfonamides is 1. The highest BCUT2D eigenvalue weighted by molar-refractivity contribution is 7.95. The summed E-state index contributed by atoms with van der Waals surface area (Å²) in [6, 6.07) is 3.53. The van der Waals surface area contributed by atoms with Crippen LogP contribution in [0.4, 0.5) is 10.1 Å². The molecule has 0 heterocycles. The highest BCUT2D eigenvalue weighted by Crippen LogP contribution is 2.30. The number of rotatable bonds is 3. The Kier molecular flexibility index (Phi) is 4.43. The summed E-state index contributed by atoms with van der Waals surface area (Å²) in [4.78, 5) is 0.539. The molecule has 0 aromatic heterocycles. The van der Waals surface area contributed by atoms with Gasteiger partial charge in [-0.05, 0) is 42.4 Å². The van der Waals surface area contributed by atoms with E-state index in [1.807, 2.05) is 6.08 Å². The van der Waals surface area contributed by atoms with Crippen LogP contribution in [-0.2, 0) is 10.0 Å². The molecule has 1 aliphatic carbocycles. The maximum absolute atomic E-state index is 12.9. The molecule has 1 N–H and O–H groups in total. The molecule has 3 nitrogen and oxygen atoms in total. The molecule has 0 bridgehead atoms. The van der Waals surface area contributed by atoms with Crippen molar-refractivity contribution < 1.29 is 12.8 Å². The predicted octanol–water partition coefficient (Wildman–Crippen LogP) is 3.59. The van der Waals surface area contributed by atoms with Crippen LogP contribution in [0.25, 0.3) is 0 Å². The second kappa shape index (κ2) is 5.73. The van der Waals surface area contributed by atoms with Gasteiger partial charge in [0, 0.05) is 0 Å². The maximum Gasteiger partial charge on any atom is 0.240 e. The summed E-state index contributed by atoms with van der Waals surface area (Å²) in [6.07, 6.45) is 3.96. The minimum Gasteiger partial charge on any atom is -0.282 e. The van der Waals surface area contributed by atoms with Crippen molar-refractivity contribution in [3.8, 4) is 0 Å². The highest BCUT2D eigenvalue weighted by Gasteiger charge is 2.29. The van der Waals surface area contributed by atoms with E-state index in [9.17, 15) is 12.8 Å². The molecule has 7 heteroatoms. The summed E-state index contributed by atoms with van der Waals surface area (Å²) >= 11 is 10.0. The molecule has 0 saturated carbocycles. The molecule has 104 valence electrons. The lowest BCUT2D eigenvalue weighted by atomic mass is 10.1. The Bertz CT molecular complexity index is 616. The van der Waals surface area contributed by atoms with Gasteiger partial charge in [-0.1, -0.05) is 17.7 Å². The zero-order valence-corrected chi connectivity index (χ0v) is 12.4. The van der Waals surface area contributed by atoms with E-state index in [1.54, 1.807) is 0 Å². The Hall–Kier alpha value is -0.720. The Morgan fingerprint density at radius 3 is 2.79 bits per heavy atom. The first kappa shape index (κ1) is 14.7. The van der Waals surface area contributed by atoms with Crippen molar-refractivity contribution in [2.75, 3.05) is 4.72 Å². The average molecular weight is 322 g/mol. The minimum absolute atomic E-state index is 0.0316. The number of nitrogens with one attached hydrogen (secondary N) is 1. The number of hydrogen-bond acceptors (Lipinski definition) is 3. The Morgan fingerprint density at radius 2 is 2.16 bits per heavy atom. The quantitative estimate of drug-likeness (QED) is 0.836. The lowest BCUT2D eigenvalue weighted by molar-refractivity contribution is 0.581. The van der Waals surface area contributed by atoms with Crippen LogP contribution in [0.15, 0.2) is 29.2 Å². The molecule has 2 rings (SSSR count). The molecule has 1 aromatic carbocycles. The molecule has 1 aromatic rings. The number of allylic oxidation sites excluding steroid dienone is 1. The number of hydrogen-bond donors (Lipinski definition) is 2. The van der Waals surface area contributed by atoms with Gasteiger partial charge >= 0.3 is 0 Å². The number of benzene rings is 1. The van der Waals surface area contributed by atoms with Crippen molar-refractivity contribution in [2.24, 2.45) is 0 Å². The summed E-state index contributed by atoms with van der Waals surface area (Å²) in [5.74, 6) is -0.514. The first-order valence-corrected chi connectivity index (χ1v) is 8.13. The van der Waals surface area contributed by atoms with Gasteiger partial charge in [0.2, 0.25) is 10.0 Å². The molecule has 0 unspecified atom stereocenters. The first-order chi connectivity index (χ1) is 8.90. The number of thiol groups is 1. The standard InChI is InChI=1S/C12H13ClFNO2S2/c13-9-7-8(14)5-6-10(9)15-19(16,17)12-4-2-1-3-11(12)18/h3,5-7,12,15,18H,1-2,4H2/t12-/m1/s1. The monoisotopic (exact) mass is 321 g/mol. The van der Waals surface area contributed by atoms with E-state index >= 15 is 0 Å². The van der Waals surface area contributed by atoms with E-state index in [-0.39, 0.29) is 10.7 Å². The smallest absolute Gasteiger partial charge is 0.240 e. The second-order valence-corrected chi connectivity index (χ2v) is 7.11. The fourth-order valence-electron chi connectivity index (χ4n) is 1.94. The van der Waals surface area contributed by atoms with Gasteiger partial charge in [0.05, 0.1) is 10.7 Å². The molecule has 0 saturated heterocycles. The highest BCUT2D eigenvalue weighted by atomic mass is 35.5. The maximum atomic E-state index is 12.9. The third-order valence-electron chi connectivity index (χ3n) is 2.91. The third-order valence-corrected chi connectivity index (χ3v) is 5.64. The van der Waals surface area contributed by atoms with Gasteiger partial charge in [-0.3, -0.25) is 4.72 Å². The van der Waals surface area contributed by atoms with Gasteiger partial charge in [0.1, 0.15) is 11.1 Å². The van der Waals surface area contributed by atoms with Crippen molar-refractivity contribution in [3.05, 3.63) is 40.0 Å². The summed E-state index contributed by atoms with van der Waals surface area (Å²) in [5, 5.41) is -0.644. The normalized spacial score (nSPS) is 19.9.